The van der Waals surface area contributed by atoms with Gasteiger partial charge in [-0.3, -0.25) is 4.90 Å². The first-order valence-electron chi connectivity index (χ1n) is 7.49. The Morgan fingerprint density at radius 3 is 2.40 bits per heavy atom. The van der Waals surface area contributed by atoms with Crippen molar-refractivity contribution in [2.75, 3.05) is 20.3 Å². The summed E-state index contributed by atoms with van der Waals surface area (Å²) in [5.41, 5.74) is 2.23. The van der Waals surface area contributed by atoms with Gasteiger partial charge in [0.2, 0.25) is 0 Å². The average molecular weight is 280 g/mol. The van der Waals surface area contributed by atoms with Gasteiger partial charge >= 0.3 is 0 Å². The summed E-state index contributed by atoms with van der Waals surface area (Å²) in [5, 5.41) is 4.03. The second-order valence-corrected chi connectivity index (χ2v) is 6.06. The lowest BCUT2D eigenvalue weighted by Gasteiger charge is -2.39. The zero-order valence-electron chi connectivity index (χ0n) is 12.6. The van der Waals surface area contributed by atoms with Crippen LogP contribution >= 0.6 is 0 Å². The van der Waals surface area contributed by atoms with E-state index in [0.717, 1.165) is 56.9 Å². The predicted octanol–water partition coefficient (Wildman–Crippen LogP) is 2.41. The van der Waals surface area contributed by atoms with Crippen LogP contribution in [-0.2, 0) is 16.0 Å². The molecule has 5 nitrogen and oxygen atoms in total. The summed E-state index contributed by atoms with van der Waals surface area (Å²) in [5.74, 6) is 0.671. The number of aryl methyl sites for hydroxylation is 2. The van der Waals surface area contributed by atoms with Gasteiger partial charge in [0, 0.05) is 31.0 Å². The fourth-order valence-corrected chi connectivity index (χ4v) is 3.37. The molecule has 1 aromatic rings. The first-order chi connectivity index (χ1) is 9.60. The Morgan fingerprint density at radius 1 is 1.20 bits per heavy atom. The second kappa shape index (κ2) is 5.47. The van der Waals surface area contributed by atoms with Crippen LogP contribution in [0.2, 0.25) is 0 Å². The molecule has 3 rings (SSSR count). The smallest absolute Gasteiger partial charge is 0.168 e. The molecule has 1 aliphatic carbocycles. The first-order valence-corrected chi connectivity index (χ1v) is 7.49. The first kappa shape index (κ1) is 14.0. The molecule has 1 saturated carbocycles. The number of aromatic nitrogens is 1. The molecule has 0 N–H and O–H groups in total. The van der Waals surface area contributed by atoms with Gasteiger partial charge < -0.3 is 14.0 Å². The molecule has 0 amide bonds. The number of nitrogens with zero attached hydrogens (tertiary/aromatic N) is 2. The van der Waals surface area contributed by atoms with Crippen LogP contribution in [0, 0.1) is 13.8 Å². The van der Waals surface area contributed by atoms with Crippen molar-refractivity contribution < 1.29 is 14.0 Å². The van der Waals surface area contributed by atoms with E-state index in [1.807, 2.05) is 13.8 Å². The molecule has 20 heavy (non-hydrogen) atoms. The summed E-state index contributed by atoms with van der Waals surface area (Å²) in [6.07, 6.45) is 4.26. The highest BCUT2D eigenvalue weighted by Crippen LogP contribution is 2.37. The van der Waals surface area contributed by atoms with Gasteiger partial charge in [0.25, 0.3) is 0 Å². The molecule has 1 spiro atoms. The Balaban J connectivity index is 1.58. The van der Waals surface area contributed by atoms with Crippen molar-refractivity contribution in [3.05, 3.63) is 17.0 Å². The maximum Gasteiger partial charge on any atom is 0.168 e. The molecule has 1 aliphatic heterocycles. The van der Waals surface area contributed by atoms with E-state index in [0.29, 0.717) is 6.04 Å². The van der Waals surface area contributed by atoms with Crippen LogP contribution in [0.5, 0.6) is 0 Å². The summed E-state index contributed by atoms with van der Waals surface area (Å²) in [6.45, 7) is 6.40. The average Bonchev–Trinajstić information content (AvgIpc) is 3.02. The molecule has 1 aromatic heterocycles. The molecule has 0 aromatic carbocycles. The number of ether oxygens (including phenoxy) is 2. The van der Waals surface area contributed by atoms with Crippen LogP contribution < -0.4 is 0 Å². The van der Waals surface area contributed by atoms with Gasteiger partial charge in [-0.15, -0.1) is 0 Å². The molecule has 112 valence electrons. The third kappa shape index (κ3) is 2.62. The summed E-state index contributed by atoms with van der Waals surface area (Å²) in [6, 6.07) is 0.585. The molecule has 2 aliphatic rings. The zero-order chi connectivity index (χ0) is 14.2. The molecule has 2 fully saturated rings. The molecule has 2 heterocycles. The molecule has 0 atom stereocenters. The number of hydrogen-bond acceptors (Lipinski definition) is 5. The summed E-state index contributed by atoms with van der Waals surface area (Å²) in [7, 11) is 2.19. The normalized spacial score (nSPS) is 23.0. The van der Waals surface area contributed by atoms with E-state index >= 15 is 0 Å². The van der Waals surface area contributed by atoms with Crippen LogP contribution in [0.15, 0.2) is 4.52 Å². The van der Waals surface area contributed by atoms with Crippen molar-refractivity contribution in [2.45, 2.75) is 57.9 Å². The van der Waals surface area contributed by atoms with E-state index in [1.54, 1.807) is 0 Å². The fourth-order valence-electron chi connectivity index (χ4n) is 3.37. The highest BCUT2D eigenvalue weighted by Gasteiger charge is 2.41. The van der Waals surface area contributed by atoms with Gasteiger partial charge in [0.15, 0.2) is 5.79 Å². The van der Waals surface area contributed by atoms with Crippen molar-refractivity contribution in [3.63, 3.8) is 0 Å². The minimum absolute atomic E-state index is 0.264. The molecule has 0 radical (unpaired) electrons. The number of rotatable bonds is 3. The highest BCUT2D eigenvalue weighted by molar-refractivity contribution is 5.20. The maximum atomic E-state index is 5.79. The van der Waals surface area contributed by atoms with Crippen LogP contribution in [-0.4, -0.2) is 42.1 Å². The molecule has 0 bridgehead atoms. The molecular weight excluding hydrogens is 256 g/mol. The summed E-state index contributed by atoms with van der Waals surface area (Å²) < 4.78 is 16.8. The lowest BCUT2D eigenvalue weighted by atomic mass is 9.89. The van der Waals surface area contributed by atoms with E-state index in [4.69, 9.17) is 14.0 Å². The summed E-state index contributed by atoms with van der Waals surface area (Å²) >= 11 is 0. The third-order valence-corrected chi connectivity index (χ3v) is 4.74. The van der Waals surface area contributed by atoms with E-state index in [1.165, 1.54) is 5.56 Å². The van der Waals surface area contributed by atoms with Crippen molar-refractivity contribution in [2.24, 2.45) is 0 Å². The van der Waals surface area contributed by atoms with E-state index in [2.05, 4.69) is 17.1 Å². The van der Waals surface area contributed by atoms with Gasteiger partial charge in [0.05, 0.1) is 18.9 Å². The minimum Gasteiger partial charge on any atom is -0.361 e. The molecule has 0 unspecified atom stereocenters. The van der Waals surface area contributed by atoms with E-state index in [-0.39, 0.29) is 5.79 Å². The minimum atomic E-state index is -0.264. The molecule has 1 saturated heterocycles. The Bertz CT molecular complexity index is 436. The van der Waals surface area contributed by atoms with Gasteiger partial charge in [-0.2, -0.15) is 0 Å². The summed E-state index contributed by atoms with van der Waals surface area (Å²) in [4.78, 5) is 2.41. The predicted molar refractivity (Wildman–Crippen MR) is 74.3 cm³/mol. The highest BCUT2D eigenvalue weighted by atomic mass is 16.7. The van der Waals surface area contributed by atoms with Gasteiger partial charge in [-0.05, 0) is 33.7 Å². The Labute approximate surface area is 120 Å². The Hall–Kier alpha value is -0.910. The lowest BCUT2D eigenvalue weighted by molar-refractivity contribution is -0.183. The van der Waals surface area contributed by atoms with E-state index in [9.17, 15) is 0 Å². The van der Waals surface area contributed by atoms with Crippen LogP contribution in [0.1, 0.15) is 42.7 Å². The standard InChI is InChI=1S/C15H24N2O3/c1-11-14(12(2)20-16-11)10-17(3)13-4-6-15(7-5-13)18-8-9-19-15/h13H,4-10H2,1-3H3. The van der Waals surface area contributed by atoms with Gasteiger partial charge in [-0.25, -0.2) is 0 Å². The van der Waals surface area contributed by atoms with Crippen LogP contribution in [0.4, 0.5) is 0 Å². The lowest BCUT2D eigenvalue weighted by Crippen LogP contribution is -2.42. The maximum absolute atomic E-state index is 5.79. The zero-order valence-corrected chi connectivity index (χ0v) is 12.6. The van der Waals surface area contributed by atoms with Gasteiger partial charge in [-0.1, -0.05) is 5.16 Å². The topological polar surface area (TPSA) is 47.7 Å². The quantitative estimate of drug-likeness (QED) is 0.851. The Morgan fingerprint density at radius 2 is 1.85 bits per heavy atom. The van der Waals surface area contributed by atoms with Crippen LogP contribution in [0.25, 0.3) is 0 Å². The monoisotopic (exact) mass is 280 g/mol. The Kier molecular flexibility index (Phi) is 3.84. The van der Waals surface area contributed by atoms with Crippen LogP contribution in [0.3, 0.4) is 0 Å². The largest absolute Gasteiger partial charge is 0.361 e. The fraction of sp³-hybridized carbons (Fsp3) is 0.800. The molecular formula is C15H24N2O3. The van der Waals surface area contributed by atoms with Crippen molar-refractivity contribution in [1.82, 2.24) is 10.1 Å². The van der Waals surface area contributed by atoms with Crippen molar-refractivity contribution in [1.29, 1.82) is 0 Å². The van der Waals surface area contributed by atoms with E-state index < -0.39 is 0 Å². The SMILES string of the molecule is Cc1noc(C)c1CN(C)C1CCC2(CC1)OCCO2. The van der Waals surface area contributed by atoms with Gasteiger partial charge in [0.1, 0.15) is 5.76 Å². The number of hydrogen-bond donors (Lipinski definition) is 0. The van der Waals surface area contributed by atoms with Crippen molar-refractivity contribution >= 4 is 0 Å². The van der Waals surface area contributed by atoms with Crippen molar-refractivity contribution in [3.8, 4) is 0 Å². The third-order valence-electron chi connectivity index (χ3n) is 4.74. The molecule has 5 heteroatoms. The second-order valence-electron chi connectivity index (χ2n) is 6.06.